The Morgan fingerprint density at radius 2 is 2.22 bits per heavy atom. The summed E-state index contributed by atoms with van der Waals surface area (Å²) in [5.41, 5.74) is 2.93. The summed E-state index contributed by atoms with van der Waals surface area (Å²) in [7, 11) is 0. The molecule has 23 heavy (non-hydrogen) atoms. The Kier molecular flexibility index (Phi) is 5.41. The van der Waals surface area contributed by atoms with Crippen LogP contribution in [-0.2, 0) is 6.42 Å². The molecule has 1 fully saturated rings. The van der Waals surface area contributed by atoms with Crippen LogP contribution >= 0.6 is 11.5 Å². The zero-order valence-electron chi connectivity index (χ0n) is 13.5. The quantitative estimate of drug-likeness (QED) is 0.886. The van der Waals surface area contributed by atoms with Gasteiger partial charge in [0.25, 0.3) is 5.91 Å². The molecule has 0 radical (unpaired) electrons. The van der Waals surface area contributed by atoms with Gasteiger partial charge in [-0.3, -0.25) is 4.79 Å². The van der Waals surface area contributed by atoms with Gasteiger partial charge >= 0.3 is 0 Å². The van der Waals surface area contributed by atoms with Crippen molar-refractivity contribution in [3.63, 3.8) is 0 Å². The number of carbonyl (C=O) groups excluding carboxylic acids is 1. The van der Waals surface area contributed by atoms with E-state index in [1.54, 1.807) is 0 Å². The number of amides is 1. The van der Waals surface area contributed by atoms with E-state index in [1.807, 2.05) is 12.3 Å². The average molecular weight is 329 g/mol. The highest BCUT2D eigenvalue weighted by atomic mass is 32.1. The number of nitrogens with one attached hydrogen (secondary N) is 1. The molecule has 1 atom stereocenters. The summed E-state index contributed by atoms with van der Waals surface area (Å²) in [6.45, 7) is 5.95. The lowest BCUT2D eigenvalue weighted by Gasteiger charge is -2.16. The molecular weight excluding hydrogens is 306 g/mol. The predicted molar refractivity (Wildman–Crippen MR) is 93.9 cm³/mol. The molecule has 122 valence electrons. The first-order valence-electron chi connectivity index (χ1n) is 8.18. The molecule has 5 heteroatoms. The van der Waals surface area contributed by atoms with Crippen LogP contribution in [-0.4, -0.2) is 41.4 Å². The van der Waals surface area contributed by atoms with E-state index in [0.29, 0.717) is 11.5 Å². The lowest BCUT2D eigenvalue weighted by molar-refractivity contribution is 0.0947. The highest BCUT2D eigenvalue weighted by Gasteiger charge is 2.23. The van der Waals surface area contributed by atoms with Crippen molar-refractivity contribution in [3.05, 3.63) is 52.5 Å². The smallest absolute Gasteiger partial charge is 0.254 e. The summed E-state index contributed by atoms with van der Waals surface area (Å²) in [4.78, 5) is 14.6. The van der Waals surface area contributed by atoms with Crippen LogP contribution in [0, 0.1) is 12.8 Å². The minimum atomic E-state index is 0.0129. The van der Waals surface area contributed by atoms with Gasteiger partial charge in [-0.1, -0.05) is 30.3 Å². The first-order chi connectivity index (χ1) is 11.2. The third kappa shape index (κ3) is 4.39. The number of benzene rings is 1. The van der Waals surface area contributed by atoms with Crippen LogP contribution in [0.1, 0.15) is 28.0 Å². The zero-order chi connectivity index (χ0) is 16.1. The molecule has 0 saturated carbocycles. The fraction of sp³-hybridized carbons (Fsp3) is 0.444. The summed E-state index contributed by atoms with van der Waals surface area (Å²) in [5, 5.41) is 4.89. The van der Waals surface area contributed by atoms with Crippen LogP contribution in [0.5, 0.6) is 0 Å². The molecule has 0 aliphatic carbocycles. The fourth-order valence-corrected chi connectivity index (χ4v) is 3.75. The van der Waals surface area contributed by atoms with Gasteiger partial charge in [-0.05, 0) is 49.3 Å². The van der Waals surface area contributed by atoms with E-state index in [1.165, 1.54) is 17.1 Å². The largest absolute Gasteiger partial charge is 0.352 e. The van der Waals surface area contributed by atoms with E-state index < -0.39 is 0 Å². The van der Waals surface area contributed by atoms with E-state index >= 15 is 0 Å². The van der Waals surface area contributed by atoms with Crippen molar-refractivity contribution >= 4 is 17.4 Å². The molecule has 1 aliphatic heterocycles. The maximum atomic E-state index is 12.1. The van der Waals surface area contributed by atoms with E-state index in [9.17, 15) is 4.79 Å². The van der Waals surface area contributed by atoms with Crippen LogP contribution in [0.2, 0.25) is 0 Å². The van der Waals surface area contributed by atoms with Crippen LogP contribution < -0.4 is 5.32 Å². The minimum absolute atomic E-state index is 0.0129. The van der Waals surface area contributed by atoms with Crippen LogP contribution in [0.3, 0.4) is 0 Å². The topological polar surface area (TPSA) is 45.2 Å². The van der Waals surface area contributed by atoms with Gasteiger partial charge in [0.2, 0.25) is 0 Å². The number of hydrogen-bond donors (Lipinski definition) is 1. The van der Waals surface area contributed by atoms with Crippen molar-refractivity contribution in [2.75, 3.05) is 26.2 Å². The average Bonchev–Trinajstić information content (AvgIpc) is 3.20. The summed E-state index contributed by atoms with van der Waals surface area (Å²) in [6.07, 6.45) is 2.26. The van der Waals surface area contributed by atoms with Gasteiger partial charge in [0.1, 0.15) is 0 Å². The van der Waals surface area contributed by atoms with E-state index in [2.05, 4.69) is 44.9 Å². The molecule has 0 spiro atoms. The molecule has 3 rings (SSSR count). The highest BCUT2D eigenvalue weighted by molar-refractivity contribution is 7.03. The molecule has 4 nitrogen and oxygen atoms in total. The standard InChI is InChI=1S/C18H23N3OS/c1-14-17(13-23-20-14)18(22)19-11-16-8-10-21(12-16)9-7-15-5-3-2-4-6-15/h2-6,13,16H,7-12H2,1H3,(H,19,22). The first-order valence-corrected chi connectivity index (χ1v) is 9.01. The van der Waals surface area contributed by atoms with Crippen LogP contribution in [0.15, 0.2) is 35.7 Å². The van der Waals surface area contributed by atoms with Crippen molar-refractivity contribution in [1.82, 2.24) is 14.6 Å². The summed E-state index contributed by atoms with van der Waals surface area (Å²) in [6, 6.07) is 10.6. The van der Waals surface area contributed by atoms with Crippen LogP contribution in [0.25, 0.3) is 0 Å². The number of aromatic nitrogens is 1. The van der Waals surface area contributed by atoms with E-state index in [0.717, 1.165) is 44.7 Å². The van der Waals surface area contributed by atoms with Crippen molar-refractivity contribution < 1.29 is 4.79 Å². The Morgan fingerprint density at radius 1 is 1.39 bits per heavy atom. The van der Waals surface area contributed by atoms with Gasteiger partial charge in [-0.2, -0.15) is 4.37 Å². The Hall–Kier alpha value is -1.72. The lowest BCUT2D eigenvalue weighted by Crippen LogP contribution is -2.31. The second-order valence-corrected chi connectivity index (χ2v) is 6.84. The zero-order valence-corrected chi connectivity index (χ0v) is 14.3. The van der Waals surface area contributed by atoms with Gasteiger partial charge in [0.05, 0.1) is 11.3 Å². The first kappa shape index (κ1) is 16.1. The van der Waals surface area contributed by atoms with Crippen molar-refractivity contribution in [3.8, 4) is 0 Å². The minimum Gasteiger partial charge on any atom is -0.352 e. The number of hydrogen-bond acceptors (Lipinski definition) is 4. The normalized spacial score (nSPS) is 18.2. The van der Waals surface area contributed by atoms with Gasteiger partial charge in [0.15, 0.2) is 0 Å². The van der Waals surface area contributed by atoms with Crippen LogP contribution in [0.4, 0.5) is 0 Å². The molecule has 0 bridgehead atoms. The Labute approximate surface area is 141 Å². The second-order valence-electron chi connectivity index (χ2n) is 6.21. The molecule has 1 aliphatic rings. The molecule has 2 aromatic rings. The Bertz CT molecular complexity index is 641. The summed E-state index contributed by atoms with van der Waals surface area (Å²) in [5.74, 6) is 0.570. The fourth-order valence-electron chi connectivity index (χ4n) is 3.06. The molecule has 1 aromatic heterocycles. The number of rotatable bonds is 6. The highest BCUT2D eigenvalue weighted by Crippen LogP contribution is 2.16. The molecular formula is C18H23N3OS. The molecule has 1 aromatic carbocycles. The second kappa shape index (κ2) is 7.70. The van der Waals surface area contributed by atoms with Gasteiger partial charge < -0.3 is 10.2 Å². The number of nitrogens with zero attached hydrogens (tertiary/aromatic N) is 2. The van der Waals surface area contributed by atoms with Crippen molar-refractivity contribution in [1.29, 1.82) is 0 Å². The molecule has 1 saturated heterocycles. The number of aryl methyl sites for hydroxylation is 1. The maximum absolute atomic E-state index is 12.1. The van der Waals surface area contributed by atoms with E-state index in [4.69, 9.17) is 0 Å². The Morgan fingerprint density at radius 3 is 2.96 bits per heavy atom. The number of carbonyl (C=O) groups is 1. The van der Waals surface area contributed by atoms with Gasteiger partial charge in [-0.15, -0.1) is 0 Å². The van der Waals surface area contributed by atoms with Gasteiger partial charge in [0, 0.05) is 25.0 Å². The summed E-state index contributed by atoms with van der Waals surface area (Å²) >= 11 is 1.34. The van der Waals surface area contributed by atoms with Crippen molar-refractivity contribution in [2.24, 2.45) is 5.92 Å². The maximum Gasteiger partial charge on any atom is 0.254 e. The monoisotopic (exact) mass is 329 g/mol. The predicted octanol–water partition coefficient (Wildman–Crippen LogP) is 2.75. The third-order valence-corrected chi connectivity index (χ3v) is 5.20. The van der Waals surface area contributed by atoms with Gasteiger partial charge in [-0.25, -0.2) is 0 Å². The Balaban J connectivity index is 1.40. The van der Waals surface area contributed by atoms with Crippen molar-refractivity contribution in [2.45, 2.75) is 19.8 Å². The molecule has 1 amide bonds. The SMILES string of the molecule is Cc1nscc1C(=O)NCC1CCN(CCc2ccccc2)C1. The summed E-state index contributed by atoms with van der Waals surface area (Å²) < 4.78 is 4.16. The molecule has 2 heterocycles. The molecule has 1 unspecified atom stereocenters. The van der Waals surface area contributed by atoms with E-state index in [-0.39, 0.29) is 5.91 Å². The molecule has 1 N–H and O–H groups in total. The lowest BCUT2D eigenvalue weighted by atomic mass is 10.1. The number of likely N-dealkylation sites (tertiary alicyclic amines) is 1. The third-order valence-electron chi connectivity index (χ3n) is 4.48.